The quantitative estimate of drug-likeness (QED) is 0.610. The van der Waals surface area contributed by atoms with E-state index in [1.807, 2.05) is 13.8 Å². The van der Waals surface area contributed by atoms with Crippen LogP contribution in [0.3, 0.4) is 0 Å². The lowest BCUT2D eigenvalue weighted by Gasteiger charge is -2.10. The van der Waals surface area contributed by atoms with Crippen molar-refractivity contribution in [2.45, 2.75) is 20.0 Å². The Bertz CT molecular complexity index is 529. The van der Waals surface area contributed by atoms with E-state index in [9.17, 15) is 4.79 Å². The highest BCUT2D eigenvalue weighted by molar-refractivity contribution is 5.94. The number of hydrogen-bond donors (Lipinski definition) is 2. The molecule has 0 heterocycles. The Morgan fingerprint density at radius 2 is 2.19 bits per heavy atom. The fraction of sp³-hybridized carbons (Fsp3) is 0.438. The minimum Gasteiger partial charge on any atom is -0.495 e. The van der Waals surface area contributed by atoms with Gasteiger partial charge in [0, 0.05) is 12.1 Å². The van der Waals surface area contributed by atoms with Gasteiger partial charge in [0.05, 0.1) is 25.4 Å². The lowest BCUT2D eigenvalue weighted by molar-refractivity contribution is 0.0746. The van der Waals surface area contributed by atoms with E-state index in [1.54, 1.807) is 18.2 Å². The minimum absolute atomic E-state index is 0.142. The van der Waals surface area contributed by atoms with E-state index in [0.717, 1.165) is 0 Å². The molecule has 0 unspecified atom stereocenters. The average Bonchev–Trinajstić information content (AvgIpc) is 2.48. The summed E-state index contributed by atoms with van der Waals surface area (Å²) in [4.78, 5) is 12.0. The van der Waals surface area contributed by atoms with Gasteiger partial charge in [-0.25, -0.2) is 0 Å². The van der Waals surface area contributed by atoms with Gasteiger partial charge in [0.1, 0.15) is 12.4 Å². The maximum absolute atomic E-state index is 12.0. The topological polar surface area (TPSA) is 67.8 Å². The summed E-state index contributed by atoms with van der Waals surface area (Å²) in [5, 5.41) is 11.5. The van der Waals surface area contributed by atoms with Crippen molar-refractivity contribution >= 4 is 5.91 Å². The Kier molecular flexibility index (Phi) is 7.30. The van der Waals surface area contributed by atoms with Crippen molar-refractivity contribution in [3.63, 3.8) is 0 Å². The van der Waals surface area contributed by atoms with E-state index in [2.05, 4.69) is 17.2 Å². The van der Waals surface area contributed by atoms with Crippen LogP contribution in [0.4, 0.5) is 0 Å². The van der Waals surface area contributed by atoms with Crippen molar-refractivity contribution in [2.75, 3.05) is 26.9 Å². The Morgan fingerprint density at radius 1 is 1.43 bits per heavy atom. The van der Waals surface area contributed by atoms with Crippen molar-refractivity contribution < 1.29 is 19.4 Å². The van der Waals surface area contributed by atoms with Gasteiger partial charge < -0.3 is 19.9 Å². The van der Waals surface area contributed by atoms with Crippen molar-refractivity contribution in [3.8, 4) is 17.6 Å². The summed E-state index contributed by atoms with van der Waals surface area (Å²) in [5.74, 6) is 5.67. The van der Waals surface area contributed by atoms with Crippen LogP contribution in [0.2, 0.25) is 0 Å². The van der Waals surface area contributed by atoms with E-state index in [-0.39, 0.29) is 18.6 Å². The van der Waals surface area contributed by atoms with E-state index in [1.165, 1.54) is 7.11 Å². The Hall–Kier alpha value is -2.03. The van der Waals surface area contributed by atoms with E-state index >= 15 is 0 Å². The number of methoxy groups -OCH3 is 1. The third-order valence-corrected chi connectivity index (χ3v) is 2.60. The number of aliphatic hydroxyl groups excluding tert-OH is 1. The van der Waals surface area contributed by atoms with Crippen LogP contribution in [-0.4, -0.2) is 44.0 Å². The van der Waals surface area contributed by atoms with Gasteiger partial charge in [0.25, 0.3) is 5.91 Å². The molecule has 0 aromatic heterocycles. The number of rotatable bonds is 6. The highest BCUT2D eigenvalue weighted by Gasteiger charge is 2.09. The summed E-state index contributed by atoms with van der Waals surface area (Å²) in [6.45, 7) is 4.55. The first-order valence-corrected chi connectivity index (χ1v) is 6.76. The maximum atomic E-state index is 12.0. The SMILES string of the molecule is COc1ccc(C(=O)NCCOC(C)C)cc1C#CCO. The normalized spacial score (nSPS) is 9.95. The Morgan fingerprint density at radius 3 is 2.81 bits per heavy atom. The molecule has 21 heavy (non-hydrogen) atoms. The fourth-order valence-electron chi connectivity index (χ4n) is 1.64. The van der Waals surface area contributed by atoms with E-state index in [0.29, 0.717) is 30.0 Å². The predicted octanol–water partition coefficient (Wildman–Crippen LogP) is 1.19. The van der Waals surface area contributed by atoms with Crippen LogP contribution >= 0.6 is 0 Å². The second kappa shape index (κ2) is 9.01. The van der Waals surface area contributed by atoms with Crippen LogP contribution in [0, 0.1) is 11.8 Å². The highest BCUT2D eigenvalue weighted by Crippen LogP contribution is 2.18. The number of nitrogens with one attached hydrogen (secondary N) is 1. The summed E-state index contributed by atoms with van der Waals surface area (Å²) in [7, 11) is 1.53. The molecule has 0 aliphatic heterocycles. The van der Waals surface area contributed by atoms with Gasteiger partial charge in [-0.05, 0) is 32.0 Å². The zero-order chi connectivity index (χ0) is 15.7. The van der Waals surface area contributed by atoms with E-state index in [4.69, 9.17) is 14.6 Å². The van der Waals surface area contributed by atoms with Crippen molar-refractivity contribution in [3.05, 3.63) is 29.3 Å². The summed E-state index contributed by atoms with van der Waals surface area (Å²) in [6, 6.07) is 4.99. The van der Waals surface area contributed by atoms with Crippen LogP contribution < -0.4 is 10.1 Å². The fourth-order valence-corrected chi connectivity index (χ4v) is 1.64. The second-order valence-electron chi connectivity index (χ2n) is 4.55. The van der Waals surface area contributed by atoms with Gasteiger partial charge in [0.15, 0.2) is 0 Å². The number of ether oxygens (including phenoxy) is 2. The monoisotopic (exact) mass is 291 g/mol. The molecule has 1 aromatic rings. The summed E-state index contributed by atoms with van der Waals surface area (Å²) in [6.07, 6.45) is 0.142. The lowest BCUT2D eigenvalue weighted by Crippen LogP contribution is -2.28. The smallest absolute Gasteiger partial charge is 0.251 e. The van der Waals surface area contributed by atoms with Crippen LogP contribution in [-0.2, 0) is 4.74 Å². The maximum Gasteiger partial charge on any atom is 0.251 e. The molecule has 5 heteroatoms. The molecule has 1 amide bonds. The molecule has 5 nitrogen and oxygen atoms in total. The second-order valence-corrected chi connectivity index (χ2v) is 4.55. The zero-order valence-electron chi connectivity index (χ0n) is 12.6. The van der Waals surface area contributed by atoms with Crippen LogP contribution in [0.1, 0.15) is 29.8 Å². The number of benzene rings is 1. The molecular weight excluding hydrogens is 270 g/mol. The van der Waals surface area contributed by atoms with Gasteiger partial charge in [-0.1, -0.05) is 11.8 Å². The number of carbonyl (C=O) groups is 1. The molecular formula is C16H21NO4. The standard InChI is InChI=1S/C16H21NO4/c1-12(2)21-10-8-17-16(19)14-6-7-15(20-3)13(11-14)5-4-9-18/h6-7,11-12,18H,8-10H2,1-3H3,(H,17,19). The molecule has 2 N–H and O–H groups in total. The molecule has 0 saturated carbocycles. The molecule has 0 fully saturated rings. The first-order valence-electron chi connectivity index (χ1n) is 6.76. The average molecular weight is 291 g/mol. The van der Waals surface area contributed by atoms with Gasteiger partial charge in [-0.3, -0.25) is 4.79 Å². The molecule has 0 atom stereocenters. The Labute approximate surface area is 125 Å². The summed E-state index contributed by atoms with van der Waals surface area (Å²) >= 11 is 0. The number of carbonyl (C=O) groups excluding carboxylic acids is 1. The van der Waals surface area contributed by atoms with Crippen LogP contribution in [0.15, 0.2) is 18.2 Å². The number of aliphatic hydroxyl groups is 1. The molecule has 0 aliphatic carbocycles. The summed E-state index contributed by atoms with van der Waals surface area (Å²) < 4.78 is 10.5. The highest BCUT2D eigenvalue weighted by atomic mass is 16.5. The molecule has 0 bridgehead atoms. The predicted molar refractivity (Wildman–Crippen MR) is 80.4 cm³/mol. The van der Waals surface area contributed by atoms with Crippen molar-refractivity contribution in [1.82, 2.24) is 5.32 Å². The van der Waals surface area contributed by atoms with Gasteiger partial charge in [-0.15, -0.1) is 0 Å². The van der Waals surface area contributed by atoms with Gasteiger partial charge >= 0.3 is 0 Å². The van der Waals surface area contributed by atoms with Crippen molar-refractivity contribution in [1.29, 1.82) is 0 Å². The largest absolute Gasteiger partial charge is 0.495 e. The van der Waals surface area contributed by atoms with Crippen molar-refractivity contribution in [2.24, 2.45) is 0 Å². The molecule has 1 aromatic carbocycles. The van der Waals surface area contributed by atoms with Gasteiger partial charge in [0.2, 0.25) is 0 Å². The molecule has 0 spiro atoms. The third kappa shape index (κ3) is 5.86. The summed E-state index contributed by atoms with van der Waals surface area (Å²) in [5.41, 5.74) is 1.06. The molecule has 114 valence electrons. The minimum atomic E-state index is -0.244. The third-order valence-electron chi connectivity index (χ3n) is 2.60. The first-order chi connectivity index (χ1) is 10.1. The molecule has 0 radical (unpaired) electrons. The Balaban J connectivity index is 2.71. The van der Waals surface area contributed by atoms with Gasteiger partial charge in [-0.2, -0.15) is 0 Å². The zero-order valence-corrected chi connectivity index (χ0v) is 12.6. The lowest BCUT2D eigenvalue weighted by atomic mass is 10.1. The molecule has 0 aliphatic rings. The van der Waals surface area contributed by atoms with Crippen LogP contribution in [0.25, 0.3) is 0 Å². The van der Waals surface area contributed by atoms with Crippen LogP contribution in [0.5, 0.6) is 5.75 Å². The molecule has 1 rings (SSSR count). The molecule has 0 saturated heterocycles. The first kappa shape index (κ1) is 17.0. The number of amides is 1. The number of hydrogen-bond acceptors (Lipinski definition) is 4. The van der Waals surface area contributed by atoms with E-state index < -0.39 is 0 Å².